The summed E-state index contributed by atoms with van der Waals surface area (Å²) >= 11 is 7.20. The number of allylic oxidation sites excluding steroid dienone is 7. The molecule has 240 valence electrons. The van der Waals surface area contributed by atoms with Crippen molar-refractivity contribution in [3.63, 3.8) is 0 Å². The summed E-state index contributed by atoms with van der Waals surface area (Å²) in [6.45, 7) is 13.6. The van der Waals surface area contributed by atoms with Gasteiger partial charge in [-0.05, 0) is 79.0 Å². The quantitative estimate of drug-likeness (QED) is 0.238. The Kier molecular flexibility index (Phi) is 10.3. The molecular formula is C40H51ClN2O2. The van der Waals surface area contributed by atoms with Gasteiger partial charge in [-0.2, -0.15) is 0 Å². The second-order valence-electron chi connectivity index (χ2n) is 14.0. The molecule has 45 heavy (non-hydrogen) atoms. The van der Waals surface area contributed by atoms with Crippen molar-refractivity contribution in [2.24, 2.45) is 0 Å². The smallest absolute Gasteiger partial charge is 0.303 e. The molecule has 1 N–H and O–H groups in total. The number of unbranched alkanes of at least 4 members (excludes halogenated alkanes) is 3. The van der Waals surface area contributed by atoms with E-state index < -0.39 is 5.97 Å². The molecule has 1 atom stereocenters. The lowest BCUT2D eigenvalue weighted by Gasteiger charge is -2.33. The maximum absolute atomic E-state index is 11.0. The lowest BCUT2D eigenvalue weighted by Crippen LogP contribution is -2.40. The third-order valence-electron chi connectivity index (χ3n) is 10.2. The van der Waals surface area contributed by atoms with E-state index in [9.17, 15) is 4.79 Å². The topological polar surface area (TPSA) is 43.8 Å². The molecule has 1 unspecified atom stereocenters. The van der Waals surface area contributed by atoms with Gasteiger partial charge < -0.3 is 14.9 Å². The minimum Gasteiger partial charge on any atom is -0.481 e. The van der Waals surface area contributed by atoms with Crippen LogP contribution in [0.15, 0.2) is 94.7 Å². The first-order valence-corrected chi connectivity index (χ1v) is 17.4. The third-order valence-corrected chi connectivity index (χ3v) is 10.7. The number of rotatable bonds is 12. The third kappa shape index (κ3) is 6.82. The Hall–Kier alpha value is -3.24. The van der Waals surface area contributed by atoms with E-state index in [1.54, 1.807) is 0 Å². The molecular weight excluding hydrogens is 576 g/mol. The van der Waals surface area contributed by atoms with Crippen molar-refractivity contribution in [2.45, 2.75) is 109 Å². The lowest BCUT2D eigenvalue weighted by molar-refractivity contribution is -0.137. The van der Waals surface area contributed by atoms with E-state index in [-0.39, 0.29) is 23.3 Å². The van der Waals surface area contributed by atoms with Crippen molar-refractivity contribution in [1.29, 1.82) is 0 Å². The summed E-state index contributed by atoms with van der Waals surface area (Å²) in [5.74, 6) is -0.712. The number of carboxylic acid groups (broad SMARTS) is 1. The molecule has 0 saturated carbocycles. The number of hydrogen-bond donors (Lipinski definition) is 1. The lowest BCUT2D eigenvalue weighted by atomic mass is 9.80. The molecule has 2 heterocycles. The molecule has 0 amide bonds. The normalized spacial score (nSPS) is 22.1. The van der Waals surface area contributed by atoms with Crippen LogP contribution in [0.4, 0.5) is 11.4 Å². The van der Waals surface area contributed by atoms with Gasteiger partial charge >= 0.3 is 5.97 Å². The molecule has 3 aliphatic rings. The highest BCUT2D eigenvalue weighted by molar-refractivity contribution is 6.32. The fourth-order valence-corrected chi connectivity index (χ4v) is 7.91. The van der Waals surface area contributed by atoms with E-state index in [1.165, 1.54) is 45.8 Å². The molecule has 2 aliphatic heterocycles. The number of carbonyl (C=O) groups is 1. The second kappa shape index (κ2) is 14.0. The van der Waals surface area contributed by atoms with Crippen molar-refractivity contribution in [3.8, 4) is 0 Å². The predicted molar refractivity (Wildman–Crippen MR) is 190 cm³/mol. The highest BCUT2D eigenvalue weighted by atomic mass is 35.5. The van der Waals surface area contributed by atoms with E-state index in [4.69, 9.17) is 16.7 Å². The Morgan fingerprint density at radius 1 is 0.911 bits per heavy atom. The van der Waals surface area contributed by atoms with E-state index >= 15 is 0 Å². The largest absolute Gasteiger partial charge is 0.481 e. The summed E-state index contributed by atoms with van der Waals surface area (Å²) in [6.07, 6.45) is 17.5. The van der Waals surface area contributed by atoms with Crippen molar-refractivity contribution >= 4 is 28.9 Å². The van der Waals surface area contributed by atoms with Crippen LogP contribution in [-0.2, 0) is 15.6 Å². The molecule has 2 aromatic carbocycles. The number of benzene rings is 2. The van der Waals surface area contributed by atoms with Crippen molar-refractivity contribution in [2.75, 3.05) is 22.9 Å². The number of halogens is 1. The van der Waals surface area contributed by atoms with Crippen LogP contribution in [0.25, 0.3) is 0 Å². The van der Waals surface area contributed by atoms with Gasteiger partial charge in [0.1, 0.15) is 0 Å². The molecule has 0 bridgehead atoms. The first-order valence-electron chi connectivity index (χ1n) is 17.0. The van der Waals surface area contributed by atoms with Crippen LogP contribution < -0.4 is 9.80 Å². The number of hydrogen-bond acceptors (Lipinski definition) is 3. The number of para-hydroxylation sites is 2. The molecule has 5 rings (SSSR count). The van der Waals surface area contributed by atoms with Gasteiger partial charge in [-0.25, -0.2) is 0 Å². The average Bonchev–Trinajstić information content (AvgIpc) is 3.37. The van der Waals surface area contributed by atoms with Gasteiger partial charge in [-0.15, -0.1) is 0 Å². The van der Waals surface area contributed by atoms with Crippen molar-refractivity contribution < 1.29 is 9.90 Å². The van der Waals surface area contributed by atoms with Gasteiger partial charge in [0.05, 0.1) is 6.04 Å². The Morgan fingerprint density at radius 2 is 1.62 bits per heavy atom. The maximum atomic E-state index is 11.0. The summed E-state index contributed by atoms with van der Waals surface area (Å²) < 4.78 is 0. The summed E-state index contributed by atoms with van der Waals surface area (Å²) in [4.78, 5) is 16.0. The molecule has 0 saturated heterocycles. The molecule has 1 aliphatic carbocycles. The number of carboxylic acids is 1. The SMILES string of the molecule is CCCCN1/C(=C/C=C2\CCCC(/C=C/C3N(CCCCCC(=O)O)c4ccccc4C3(C)C)=C2Cl)C(C)(C)c2ccccc21. The van der Waals surface area contributed by atoms with Gasteiger partial charge in [0, 0.05) is 52.4 Å². The van der Waals surface area contributed by atoms with Crippen LogP contribution in [0.1, 0.15) is 104 Å². The zero-order valence-corrected chi connectivity index (χ0v) is 28.7. The zero-order valence-electron chi connectivity index (χ0n) is 27.9. The molecule has 5 heteroatoms. The molecule has 2 aromatic rings. The summed E-state index contributed by atoms with van der Waals surface area (Å²) in [7, 11) is 0. The maximum Gasteiger partial charge on any atom is 0.303 e. The molecule has 0 aromatic heterocycles. The van der Waals surface area contributed by atoms with Crippen molar-refractivity contribution in [3.05, 3.63) is 106 Å². The van der Waals surface area contributed by atoms with Gasteiger partial charge in [0.25, 0.3) is 0 Å². The fourth-order valence-electron chi connectivity index (χ4n) is 7.60. The summed E-state index contributed by atoms with van der Waals surface area (Å²) in [5, 5.41) is 9.95. The van der Waals surface area contributed by atoms with Crippen LogP contribution >= 0.6 is 11.6 Å². The van der Waals surface area contributed by atoms with Crippen molar-refractivity contribution in [1.82, 2.24) is 0 Å². The Bertz CT molecular complexity index is 1510. The van der Waals surface area contributed by atoms with Crippen LogP contribution in [0, 0.1) is 0 Å². The second-order valence-corrected chi connectivity index (χ2v) is 14.4. The molecule has 4 nitrogen and oxygen atoms in total. The Morgan fingerprint density at radius 3 is 2.36 bits per heavy atom. The van der Waals surface area contributed by atoms with Gasteiger partial charge in [0.15, 0.2) is 0 Å². The van der Waals surface area contributed by atoms with Crippen LogP contribution in [0.5, 0.6) is 0 Å². The van der Waals surface area contributed by atoms with E-state index in [0.717, 1.165) is 63.1 Å². The number of nitrogens with zero attached hydrogens (tertiary/aromatic N) is 2. The van der Waals surface area contributed by atoms with Gasteiger partial charge in [0.2, 0.25) is 0 Å². The Balaban J connectivity index is 1.40. The summed E-state index contributed by atoms with van der Waals surface area (Å²) in [5.41, 5.74) is 9.07. The molecule has 0 spiro atoms. The highest BCUT2D eigenvalue weighted by Gasteiger charge is 2.43. The van der Waals surface area contributed by atoms with E-state index in [0.29, 0.717) is 0 Å². The predicted octanol–water partition coefficient (Wildman–Crippen LogP) is 10.4. The van der Waals surface area contributed by atoms with Crippen LogP contribution in [0.2, 0.25) is 0 Å². The average molecular weight is 627 g/mol. The molecule has 0 fully saturated rings. The number of fused-ring (bicyclic) bond motifs is 2. The Labute approximate surface area is 276 Å². The molecule has 0 radical (unpaired) electrons. The standard InChI is InChI=1S/C40H51ClN2O2/c1-6-7-27-42-33-20-12-10-18-31(33)39(2,3)35(42)25-23-29-16-15-17-30(38(29)41)24-26-36-40(4,5)32-19-11-13-21-34(32)43(36)28-14-8-9-22-37(44)45/h10-13,18-21,23-26,36H,6-9,14-17,22,27-28H2,1-5H3,(H,44,45)/b26-24+,29-23+,35-25+. The summed E-state index contributed by atoms with van der Waals surface area (Å²) in [6, 6.07) is 17.8. The van der Waals surface area contributed by atoms with E-state index in [1.807, 2.05) is 0 Å². The van der Waals surface area contributed by atoms with Gasteiger partial charge in [-0.3, -0.25) is 4.79 Å². The van der Waals surface area contributed by atoms with Crippen LogP contribution in [-0.4, -0.2) is 30.2 Å². The minimum absolute atomic E-state index is 0.0516. The van der Waals surface area contributed by atoms with E-state index in [2.05, 4.69) is 117 Å². The fraction of sp³-hybridized carbons (Fsp3) is 0.475. The number of anilines is 2. The number of aliphatic carboxylic acids is 1. The minimum atomic E-state index is -0.712. The first kappa shape index (κ1) is 33.1. The zero-order chi connectivity index (χ0) is 32.2. The van der Waals surface area contributed by atoms with Gasteiger partial charge in [-0.1, -0.05) is 114 Å². The monoisotopic (exact) mass is 626 g/mol. The highest BCUT2D eigenvalue weighted by Crippen LogP contribution is 2.48. The van der Waals surface area contributed by atoms with Crippen LogP contribution in [0.3, 0.4) is 0 Å². The first-order chi connectivity index (χ1) is 21.6.